The summed E-state index contributed by atoms with van der Waals surface area (Å²) >= 11 is 0. The van der Waals surface area contributed by atoms with Gasteiger partial charge in [0.15, 0.2) is 0 Å². The average Bonchev–Trinajstić information content (AvgIpc) is 3.24. The first-order chi connectivity index (χ1) is 9.58. The van der Waals surface area contributed by atoms with Gasteiger partial charge in [0.1, 0.15) is 17.9 Å². The third-order valence-corrected chi connectivity index (χ3v) is 3.86. The molecule has 4 nitrogen and oxygen atoms in total. The highest BCUT2D eigenvalue weighted by Gasteiger charge is 2.50. The number of benzene rings is 1. The first-order valence-corrected chi connectivity index (χ1v) is 7.33. The molecule has 1 saturated carbocycles. The number of nitrogens with one attached hydrogen (secondary N) is 1. The van der Waals surface area contributed by atoms with Crippen molar-refractivity contribution in [2.45, 2.75) is 38.6 Å². The van der Waals surface area contributed by atoms with Crippen LogP contribution in [0.3, 0.4) is 0 Å². The molecule has 1 unspecified atom stereocenters. The van der Waals surface area contributed by atoms with Crippen LogP contribution in [0, 0.1) is 12.8 Å². The number of nitrogens with two attached hydrogens (primary N) is 1. The van der Waals surface area contributed by atoms with E-state index in [1.54, 1.807) is 0 Å². The van der Waals surface area contributed by atoms with E-state index in [9.17, 15) is 4.79 Å². The molecule has 3 N–H and O–H groups in total. The third-order valence-electron chi connectivity index (χ3n) is 3.86. The van der Waals surface area contributed by atoms with Gasteiger partial charge < -0.3 is 15.8 Å². The van der Waals surface area contributed by atoms with Crippen LogP contribution in [0.5, 0.6) is 5.75 Å². The number of amides is 1. The second kappa shape index (κ2) is 6.27. The first-order valence-electron chi connectivity index (χ1n) is 7.33. The molecule has 1 aliphatic rings. The van der Waals surface area contributed by atoms with Crippen LogP contribution in [0.4, 0.5) is 0 Å². The highest BCUT2D eigenvalue weighted by Crippen LogP contribution is 2.40. The number of carbonyl (C=O) groups excluding carboxylic acids is 1. The van der Waals surface area contributed by atoms with E-state index in [4.69, 9.17) is 10.5 Å². The summed E-state index contributed by atoms with van der Waals surface area (Å²) in [4.78, 5) is 12.0. The van der Waals surface area contributed by atoms with Crippen LogP contribution in [-0.2, 0) is 4.79 Å². The highest BCUT2D eigenvalue weighted by molar-refractivity contribution is 5.85. The summed E-state index contributed by atoms with van der Waals surface area (Å²) in [5, 5.41) is 3.33. The molecule has 110 valence electrons. The van der Waals surface area contributed by atoms with Gasteiger partial charge in [0, 0.05) is 0 Å². The minimum absolute atomic E-state index is 0.302. The van der Waals surface area contributed by atoms with E-state index < -0.39 is 5.54 Å². The van der Waals surface area contributed by atoms with Crippen molar-refractivity contribution in [3.63, 3.8) is 0 Å². The summed E-state index contributed by atoms with van der Waals surface area (Å²) in [7, 11) is 0. The van der Waals surface area contributed by atoms with Gasteiger partial charge in [0.2, 0.25) is 5.91 Å². The molecule has 0 saturated heterocycles. The lowest BCUT2D eigenvalue weighted by Gasteiger charge is -2.32. The Morgan fingerprint density at radius 1 is 1.50 bits per heavy atom. The fourth-order valence-electron chi connectivity index (χ4n) is 2.50. The maximum atomic E-state index is 12.0. The lowest BCUT2D eigenvalue weighted by Crippen LogP contribution is -2.61. The van der Waals surface area contributed by atoms with Crippen molar-refractivity contribution < 1.29 is 9.53 Å². The van der Waals surface area contributed by atoms with Gasteiger partial charge in [-0.3, -0.25) is 4.79 Å². The fraction of sp³-hybridized carbons (Fsp3) is 0.562. The molecule has 1 atom stereocenters. The van der Waals surface area contributed by atoms with Crippen LogP contribution < -0.4 is 15.8 Å². The summed E-state index contributed by atoms with van der Waals surface area (Å²) in [5.41, 5.74) is 6.08. The summed E-state index contributed by atoms with van der Waals surface area (Å²) in [6, 6.07) is 7.85. The molecule has 2 rings (SSSR count). The van der Waals surface area contributed by atoms with Crippen LogP contribution >= 0.6 is 0 Å². The number of hydrogen-bond donors (Lipinski definition) is 2. The summed E-state index contributed by atoms with van der Waals surface area (Å²) in [5.74, 6) is 0.784. The molecular weight excluding hydrogens is 252 g/mol. The van der Waals surface area contributed by atoms with Crippen molar-refractivity contribution >= 4 is 5.91 Å². The van der Waals surface area contributed by atoms with Crippen molar-refractivity contribution in [1.29, 1.82) is 0 Å². The summed E-state index contributed by atoms with van der Waals surface area (Å²) in [6.07, 6.45) is 3.04. The zero-order valence-corrected chi connectivity index (χ0v) is 12.3. The van der Waals surface area contributed by atoms with Gasteiger partial charge in [-0.15, -0.1) is 0 Å². The van der Waals surface area contributed by atoms with E-state index in [0.717, 1.165) is 37.1 Å². The van der Waals surface area contributed by atoms with Crippen LogP contribution in [0.25, 0.3) is 0 Å². The first kappa shape index (κ1) is 14.9. The van der Waals surface area contributed by atoms with Gasteiger partial charge >= 0.3 is 0 Å². The Kier molecular flexibility index (Phi) is 4.65. The molecule has 20 heavy (non-hydrogen) atoms. The normalized spacial score (nSPS) is 17.5. The van der Waals surface area contributed by atoms with Gasteiger partial charge in [0.25, 0.3) is 0 Å². The van der Waals surface area contributed by atoms with Crippen LogP contribution in [-0.4, -0.2) is 24.6 Å². The average molecular weight is 276 g/mol. The summed E-state index contributed by atoms with van der Waals surface area (Å²) in [6.45, 7) is 5.17. The minimum atomic E-state index is -0.722. The van der Waals surface area contributed by atoms with E-state index >= 15 is 0 Å². The number of rotatable bonds is 8. The monoisotopic (exact) mass is 276 g/mol. The van der Waals surface area contributed by atoms with Crippen LogP contribution in [0.15, 0.2) is 24.3 Å². The highest BCUT2D eigenvalue weighted by atomic mass is 16.5. The molecule has 0 heterocycles. The van der Waals surface area contributed by atoms with Gasteiger partial charge in [-0.25, -0.2) is 0 Å². The van der Waals surface area contributed by atoms with E-state index in [1.165, 1.54) is 0 Å². The van der Waals surface area contributed by atoms with Crippen molar-refractivity contribution in [2.75, 3.05) is 13.2 Å². The van der Waals surface area contributed by atoms with Crippen molar-refractivity contribution in [3.8, 4) is 5.75 Å². The second-order valence-corrected chi connectivity index (χ2v) is 5.64. The topological polar surface area (TPSA) is 64.3 Å². The van der Waals surface area contributed by atoms with Crippen LogP contribution in [0.2, 0.25) is 0 Å². The Morgan fingerprint density at radius 2 is 2.25 bits per heavy atom. The SMILES string of the molecule is CCCNC(COc1cccc(C)c1)(C(N)=O)C1CC1. The van der Waals surface area contributed by atoms with Gasteiger partial charge in [-0.05, 0) is 56.3 Å². The molecule has 0 aliphatic heterocycles. The van der Waals surface area contributed by atoms with E-state index in [0.29, 0.717) is 12.5 Å². The Hall–Kier alpha value is -1.55. The van der Waals surface area contributed by atoms with Gasteiger partial charge in [0.05, 0.1) is 0 Å². The zero-order valence-electron chi connectivity index (χ0n) is 12.3. The lowest BCUT2D eigenvalue weighted by molar-refractivity contribution is -0.126. The fourth-order valence-corrected chi connectivity index (χ4v) is 2.50. The Labute approximate surface area is 120 Å². The van der Waals surface area contributed by atoms with E-state index in [1.807, 2.05) is 31.2 Å². The molecule has 0 spiro atoms. The molecule has 0 bridgehead atoms. The standard InChI is InChI=1S/C16H24N2O2/c1-3-9-18-16(15(17)19,13-7-8-13)11-20-14-6-4-5-12(2)10-14/h4-6,10,13,18H,3,7-9,11H2,1-2H3,(H2,17,19). The Bertz CT molecular complexity index is 471. The second-order valence-electron chi connectivity index (χ2n) is 5.64. The Balaban J connectivity index is 2.09. The van der Waals surface area contributed by atoms with Crippen molar-refractivity contribution in [2.24, 2.45) is 11.7 Å². The number of hydrogen-bond acceptors (Lipinski definition) is 3. The molecule has 0 radical (unpaired) electrons. The maximum absolute atomic E-state index is 12.0. The third kappa shape index (κ3) is 3.31. The van der Waals surface area contributed by atoms with E-state index in [-0.39, 0.29) is 5.91 Å². The number of aryl methyl sites for hydroxylation is 1. The quantitative estimate of drug-likeness (QED) is 0.763. The van der Waals surface area contributed by atoms with Gasteiger partial charge in [-0.2, -0.15) is 0 Å². The lowest BCUT2D eigenvalue weighted by atomic mass is 9.93. The number of carbonyl (C=O) groups is 1. The number of primary amides is 1. The summed E-state index contributed by atoms with van der Waals surface area (Å²) < 4.78 is 5.85. The smallest absolute Gasteiger partial charge is 0.241 e. The Morgan fingerprint density at radius 3 is 2.80 bits per heavy atom. The molecule has 4 heteroatoms. The van der Waals surface area contributed by atoms with Gasteiger partial charge in [-0.1, -0.05) is 19.1 Å². The van der Waals surface area contributed by atoms with Crippen molar-refractivity contribution in [3.05, 3.63) is 29.8 Å². The van der Waals surface area contributed by atoms with Crippen LogP contribution in [0.1, 0.15) is 31.7 Å². The van der Waals surface area contributed by atoms with E-state index in [2.05, 4.69) is 12.2 Å². The largest absolute Gasteiger partial charge is 0.491 e. The molecule has 1 aromatic rings. The zero-order chi connectivity index (χ0) is 14.6. The molecule has 1 aromatic carbocycles. The molecule has 1 fully saturated rings. The van der Waals surface area contributed by atoms with Crippen molar-refractivity contribution in [1.82, 2.24) is 5.32 Å². The predicted octanol–water partition coefficient (Wildman–Crippen LogP) is 2.01. The minimum Gasteiger partial charge on any atom is -0.491 e. The predicted molar refractivity (Wildman–Crippen MR) is 79.6 cm³/mol. The molecule has 0 aromatic heterocycles. The maximum Gasteiger partial charge on any atom is 0.241 e. The molecule has 1 aliphatic carbocycles. The number of ether oxygens (including phenoxy) is 1. The molecular formula is C16H24N2O2. The molecule has 1 amide bonds.